The van der Waals surface area contributed by atoms with Crippen molar-refractivity contribution in [2.45, 2.75) is 80.1 Å². The molecule has 2 atom stereocenters. The zero-order chi connectivity index (χ0) is 19.5. The van der Waals surface area contributed by atoms with E-state index in [-0.39, 0.29) is 6.61 Å². The van der Waals surface area contributed by atoms with Crippen molar-refractivity contribution >= 4 is 12.6 Å². The first kappa shape index (κ1) is 26.0. The lowest BCUT2D eigenvalue weighted by molar-refractivity contribution is -0.112. The standard InChI is InChI=1S/C12H22O2.C10H18O/c1-11(2)5-4-6-12(3)7-9-14-10-8-13;1-9(2)5-4-6-10(3)7-8-11/h5,8,12H,4,6-7,9-10H2,1-3H3;5,8,10H,4,6-7H2,1-3H3. The van der Waals surface area contributed by atoms with Gasteiger partial charge in [0.15, 0.2) is 0 Å². The number of aldehydes is 2. The highest BCUT2D eigenvalue weighted by atomic mass is 16.5. The molecule has 0 aromatic rings. The van der Waals surface area contributed by atoms with E-state index in [1.54, 1.807) is 0 Å². The number of carbonyl (C=O) groups is 2. The molecule has 0 aliphatic rings. The Bertz CT molecular complexity index is 375. The van der Waals surface area contributed by atoms with Crippen LogP contribution in [-0.2, 0) is 14.3 Å². The van der Waals surface area contributed by atoms with Crippen LogP contribution in [0.5, 0.6) is 0 Å². The summed E-state index contributed by atoms with van der Waals surface area (Å²) in [5, 5.41) is 0. The van der Waals surface area contributed by atoms with Crippen LogP contribution in [0.4, 0.5) is 0 Å². The number of hydrogen-bond donors (Lipinski definition) is 0. The molecule has 0 fully saturated rings. The molecule has 0 rings (SSSR count). The van der Waals surface area contributed by atoms with Gasteiger partial charge in [-0.05, 0) is 71.6 Å². The summed E-state index contributed by atoms with van der Waals surface area (Å²) in [6.07, 6.45) is 12.6. The molecule has 0 radical (unpaired) electrons. The fraction of sp³-hybridized carbons (Fsp3) is 0.727. The van der Waals surface area contributed by atoms with Crippen LogP contribution in [0.25, 0.3) is 0 Å². The van der Waals surface area contributed by atoms with Crippen LogP contribution >= 0.6 is 0 Å². The molecule has 0 N–H and O–H groups in total. The summed E-state index contributed by atoms with van der Waals surface area (Å²) in [6, 6.07) is 0. The zero-order valence-electron chi connectivity index (χ0n) is 17.3. The Morgan fingerprint density at radius 2 is 1.32 bits per heavy atom. The van der Waals surface area contributed by atoms with E-state index >= 15 is 0 Å². The number of ether oxygens (including phenoxy) is 1. The van der Waals surface area contributed by atoms with E-state index in [4.69, 9.17) is 4.74 Å². The number of carbonyl (C=O) groups excluding carboxylic acids is 2. The van der Waals surface area contributed by atoms with Crippen molar-refractivity contribution < 1.29 is 14.3 Å². The fourth-order valence-electron chi connectivity index (χ4n) is 2.16. The molecule has 0 spiro atoms. The van der Waals surface area contributed by atoms with E-state index in [1.807, 2.05) is 0 Å². The van der Waals surface area contributed by atoms with Gasteiger partial charge >= 0.3 is 0 Å². The van der Waals surface area contributed by atoms with Gasteiger partial charge in [0.05, 0.1) is 0 Å². The maximum Gasteiger partial charge on any atom is 0.145 e. The van der Waals surface area contributed by atoms with Crippen LogP contribution in [0.2, 0.25) is 0 Å². The first-order valence-corrected chi connectivity index (χ1v) is 9.55. The van der Waals surface area contributed by atoms with Crippen molar-refractivity contribution in [2.24, 2.45) is 11.8 Å². The Labute approximate surface area is 155 Å². The number of hydrogen-bond acceptors (Lipinski definition) is 3. The lowest BCUT2D eigenvalue weighted by Crippen LogP contribution is -2.03. The van der Waals surface area contributed by atoms with Gasteiger partial charge in [0.25, 0.3) is 0 Å². The minimum Gasteiger partial charge on any atom is -0.374 e. The second-order valence-corrected chi connectivity index (χ2v) is 7.36. The molecule has 2 unspecified atom stereocenters. The predicted molar refractivity (Wildman–Crippen MR) is 108 cm³/mol. The summed E-state index contributed by atoms with van der Waals surface area (Å²) in [6.45, 7) is 13.7. The van der Waals surface area contributed by atoms with E-state index in [2.05, 4.69) is 53.7 Å². The van der Waals surface area contributed by atoms with Crippen LogP contribution in [0.15, 0.2) is 23.3 Å². The normalized spacial score (nSPS) is 12.2. The van der Waals surface area contributed by atoms with Gasteiger partial charge in [0, 0.05) is 13.0 Å². The molecule has 0 amide bonds. The molecule has 0 aliphatic carbocycles. The molecule has 0 aliphatic heterocycles. The maximum absolute atomic E-state index is 10.1. The fourth-order valence-corrected chi connectivity index (χ4v) is 2.16. The Morgan fingerprint density at radius 3 is 1.76 bits per heavy atom. The van der Waals surface area contributed by atoms with Crippen molar-refractivity contribution in [3.63, 3.8) is 0 Å². The van der Waals surface area contributed by atoms with E-state index in [0.717, 1.165) is 38.3 Å². The Kier molecular flexibility index (Phi) is 19.9. The Morgan fingerprint density at radius 1 is 0.800 bits per heavy atom. The smallest absolute Gasteiger partial charge is 0.145 e. The van der Waals surface area contributed by atoms with Crippen LogP contribution in [-0.4, -0.2) is 25.8 Å². The van der Waals surface area contributed by atoms with Crippen molar-refractivity contribution in [3.8, 4) is 0 Å². The van der Waals surface area contributed by atoms with Gasteiger partial charge < -0.3 is 14.3 Å². The SMILES string of the molecule is CC(C)=CCCC(C)CC=O.CC(C)=CCCC(C)CCOCC=O. The van der Waals surface area contributed by atoms with Crippen molar-refractivity contribution in [3.05, 3.63) is 23.3 Å². The van der Waals surface area contributed by atoms with Crippen molar-refractivity contribution in [1.29, 1.82) is 0 Å². The van der Waals surface area contributed by atoms with E-state index < -0.39 is 0 Å². The van der Waals surface area contributed by atoms with Crippen molar-refractivity contribution in [2.75, 3.05) is 13.2 Å². The molecule has 3 nitrogen and oxygen atoms in total. The average Bonchev–Trinajstić information content (AvgIpc) is 2.52. The van der Waals surface area contributed by atoms with Gasteiger partial charge in [-0.3, -0.25) is 0 Å². The first-order valence-electron chi connectivity index (χ1n) is 9.55. The number of allylic oxidation sites excluding steroid dienone is 4. The minimum absolute atomic E-state index is 0.237. The Balaban J connectivity index is 0. The highest BCUT2D eigenvalue weighted by molar-refractivity contribution is 5.50. The monoisotopic (exact) mass is 352 g/mol. The maximum atomic E-state index is 10.1. The molecule has 0 saturated carbocycles. The first-order chi connectivity index (χ1) is 11.8. The lowest BCUT2D eigenvalue weighted by atomic mass is 10.0. The van der Waals surface area contributed by atoms with Gasteiger partial charge in [-0.25, -0.2) is 0 Å². The largest absolute Gasteiger partial charge is 0.374 e. The summed E-state index contributed by atoms with van der Waals surface area (Å²) in [4.78, 5) is 20.1. The van der Waals surface area contributed by atoms with E-state index in [1.165, 1.54) is 17.6 Å². The second-order valence-electron chi connectivity index (χ2n) is 7.36. The average molecular weight is 353 g/mol. The summed E-state index contributed by atoms with van der Waals surface area (Å²) >= 11 is 0. The predicted octanol–water partition coefficient (Wildman–Crippen LogP) is 5.93. The van der Waals surface area contributed by atoms with Crippen LogP contribution < -0.4 is 0 Å². The highest BCUT2D eigenvalue weighted by Crippen LogP contribution is 2.11. The van der Waals surface area contributed by atoms with Gasteiger partial charge in [-0.2, -0.15) is 0 Å². The lowest BCUT2D eigenvalue weighted by Gasteiger charge is -2.09. The van der Waals surface area contributed by atoms with Crippen LogP contribution in [0, 0.1) is 11.8 Å². The van der Waals surface area contributed by atoms with Gasteiger partial charge in [0.2, 0.25) is 0 Å². The van der Waals surface area contributed by atoms with Crippen LogP contribution in [0.3, 0.4) is 0 Å². The van der Waals surface area contributed by atoms with Crippen molar-refractivity contribution in [1.82, 2.24) is 0 Å². The topological polar surface area (TPSA) is 43.4 Å². The summed E-state index contributed by atoms with van der Waals surface area (Å²) in [5.74, 6) is 1.22. The third kappa shape index (κ3) is 25.1. The quantitative estimate of drug-likeness (QED) is 0.234. The molecule has 0 bridgehead atoms. The molecular weight excluding hydrogens is 312 g/mol. The van der Waals surface area contributed by atoms with Gasteiger partial charge in [-0.1, -0.05) is 37.1 Å². The van der Waals surface area contributed by atoms with Gasteiger partial charge in [-0.15, -0.1) is 0 Å². The Hall–Kier alpha value is -1.22. The van der Waals surface area contributed by atoms with E-state index in [9.17, 15) is 9.59 Å². The molecule has 0 aromatic carbocycles. The number of rotatable bonds is 13. The minimum atomic E-state index is 0.237. The third-order valence-electron chi connectivity index (χ3n) is 3.86. The zero-order valence-corrected chi connectivity index (χ0v) is 17.3. The van der Waals surface area contributed by atoms with Gasteiger partial charge in [0.1, 0.15) is 19.2 Å². The highest BCUT2D eigenvalue weighted by Gasteiger charge is 2.00. The molecule has 3 heteroatoms. The molecule has 0 heterocycles. The summed E-state index contributed by atoms with van der Waals surface area (Å²) < 4.78 is 5.10. The van der Waals surface area contributed by atoms with E-state index in [0.29, 0.717) is 24.9 Å². The molecule has 25 heavy (non-hydrogen) atoms. The molecular formula is C22H40O3. The third-order valence-corrected chi connectivity index (χ3v) is 3.86. The molecule has 146 valence electrons. The molecule has 0 aromatic heterocycles. The summed E-state index contributed by atoms with van der Waals surface area (Å²) in [5.41, 5.74) is 2.75. The second kappa shape index (κ2) is 19.1. The van der Waals surface area contributed by atoms with Crippen LogP contribution in [0.1, 0.15) is 80.1 Å². The summed E-state index contributed by atoms with van der Waals surface area (Å²) in [7, 11) is 0. The molecule has 0 saturated heterocycles.